The van der Waals surface area contributed by atoms with Crippen LogP contribution in [-0.4, -0.2) is 24.0 Å². The van der Waals surface area contributed by atoms with Crippen molar-refractivity contribution in [3.8, 4) is 0 Å². The molecule has 6 nitrogen and oxygen atoms in total. The molecule has 0 atom stereocenters. The van der Waals surface area contributed by atoms with Gasteiger partial charge in [-0.05, 0) is 29.8 Å². The summed E-state index contributed by atoms with van der Waals surface area (Å²) >= 11 is 0. The third kappa shape index (κ3) is 4.31. The molecule has 0 spiro atoms. The van der Waals surface area contributed by atoms with Gasteiger partial charge in [0, 0.05) is 37.2 Å². The maximum atomic E-state index is 11.8. The summed E-state index contributed by atoms with van der Waals surface area (Å²) in [6.45, 7) is 0.384. The fourth-order valence-electron chi connectivity index (χ4n) is 1.74. The molecule has 3 N–H and O–H groups in total. The van der Waals surface area contributed by atoms with Crippen LogP contribution in [0.3, 0.4) is 0 Å². The van der Waals surface area contributed by atoms with Crippen molar-refractivity contribution < 1.29 is 9.59 Å². The van der Waals surface area contributed by atoms with E-state index in [9.17, 15) is 9.59 Å². The van der Waals surface area contributed by atoms with Crippen LogP contribution in [0.25, 0.3) is 0 Å². The molecule has 3 amide bonds. The van der Waals surface area contributed by atoms with Crippen molar-refractivity contribution in [3.05, 3.63) is 59.9 Å². The van der Waals surface area contributed by atoms with Gasteiger partial charge in [-0.3, -0.25) is 9.78 Å². The van der Waals surface area contributed by atoms with Crippen LogP contribution in [0, 0.1) is 0 Å². The Kier molecular flexibility index (Phi) is 4.87. The minimum Gasteiger partial charge on any atom is -0.355 e. The van der Waals surface area contributed by atoms with Gasteiger partial charge in [-0.1, -0.05) is 12.1 Å². The third-order valence-electron chi connectivity index (χ3n) is 2.79. The van der Waals surface area contributed by atoms with Crippen LogP contribution >= 0.6 is 0 Å². The normalized spacial score (nSPS) is 9.76. The van der Waals surface area contributed by atoms with Gasteiger partial charge in [0.2, 0.25) is 0 Å². The lowest BCUT2D eigenvalue weighted by Gasteiger charge is -2.08. The van der Waals surface area contributed by atoms with Crippen molar-refractivity contribution in [1.82, 2.24) is 15.6 Å². The lowest BCUT2D eigenvalue weighted by atomic mass is 10.2. The van der Waals surface area contributed by atoms with Crippen molar-refractivity contribution in [1.29, 1.82) is 0 Å². The summed E-state index contributed by atoms with van der Waals surface area (Å²) in [6, 6.07) is 10.1. The molecule has 1 aromatic heterocycles. The van der Waals surface area contributed by atoms with Crippen LogP contribution in [0.2, 0.25) is 0 Å². The van der Waals surface area contributed by atoms with Crippen LogP contribution < -0.4 is 16.0 Å². The predicted octanol–water partition coefficient (Wildman–Crippen LogP) is 1.76. The third-order valence-corrected chi connectivity index (χ3v) is 2.79. The van der Waals surface area contributed by atoms with Crippen LogP contribution in [0.15, 0.2) is 48.8 Å². The molecule has 6 heteroatoms. The first kappa shape index (κ1) is 14.5. The summed E-state index contributed by atoms with van der Waals surface area (Å²) < 4.78 is 0. The number of hydrogen-bond donors (Lipinski definition) is 3. The molecule has 0 saturated heterocycles. The Bertz CT molecular complexity index is 629. The van der Waals surface area contributed by atoms with Crippen molar-refractivity contribution in [2.75, 3.05) is 12.4 Å². The molecule has 108 valence electrons. The van der Waals surface area contributed by atoms with Crippen LogP contribution in [0.5, 0.6) is 0 Å². The highest BCUT2D eigenvalue weighted by atomic mass is 16.2. The number of urea groups is 1. The van der Waals surface area contributed by atoms with Gasteiger partial charge >= 0.3 is 6.03 Å². The van der Waals surface area contributed by atoms with E-state index in [1.807, 2.05) is 12.1 Å². The number of carbonyl (C=O) groups excluding carboxylic acids is 2. The van der Waals surface area contributed by atoms with Crippen LogP contribution in [-0.2, 0) is 6.54 Å². The quantitative estimate of drug-likeness (QED) is 0.800. The predicted molar refractivity (Wildman–Crippen MR) is 79.9 cm³/mol. The Hall–Kier alpha value is -2.89. The van der Waals surface area contributed by atoms with Crippen LogP contribution in [0.1, 0.15) is 15.9 Å². The Morgan fingerprint density at radius 3 is 2.76 bits per heavy atom. The molecule has 1 aromatic carbocycles. The van der Waals surface area contributed by atoms with Crippen molar-refractivity contribution >= 4 is 17.6 Å². The maximum Gasteiger partial charge on any atom is 0.319 e. The van der Waals surface area contributed by atoms with E-state index in [4.69, 9.17) is 0 Å². The molecule has 1 heterocycles. The highest BCUT2D eigenvalue weighted by molar-refractivity contribution is 5.96. The Morgan fingerprint density at radius 1 is 1.19 bits per heavy atom. The van der Waals surface area contributed by atoms with E-state index in [-0.39, 0.29) is 11.9 Å². The molecule has 0 aliphatic heterocycles. The van der Waals surface area contributed by atoms with E-state index in [1.54, 1.807) is 43.7 Å². The van der Waals surface area contributed by atoms with E-state index >= 15 is 0 Å². The fraction of sp³-hybridized carbons (Fsp3) is 0.133. The van der Waals surface area contributed by atoms with Gasteiger partial charge in [-0.25, -0.2) is 4.79 Å². The molecular weight excluding hydrogens is 268 g/mol. The second-order valence-electron chi connectivity index (χ2n) is 4.33. The number of nitrogens with zero attached hydrogens (tertiary/aromatic N) is 1. The summed E-state index contributed by atoms with van der Waals surface area (Å²) in [5, 5.41) is 7.93. The number of hydrogen-bond acceptors (Lipinski definition) is 3. The first-order valence-corrected chi connectivity index (χ1v) is 6.45. The summed E-state index contributed by atoms with van der Waals surface area (Å²) in [6.07, 6.45) is 3.36. The number of aromatic nitrogens is 1. The molecule has 2 rings (SSSR count). The number of nitrogens with one attached hydrogen (secondary N) is 3. The smallest absolute Gasteiger partial charge is 0.319 e. The molecule has 0 radical (unpaired) electrons. The van der Waals surface area contributed by atoms with Gasteiger partial charge in [0.05, 0.1) is 0 Å². The van der Waals surface area contributed by atoms with Crippen LogP contribution in [0.4, 0.5) is 10.5 Å². The highest BCUT2D eigenvalue weighted by Gasteiger charge is 2.06. The zero-order valence-electron chi connectivity index (χ0n) is 11.6. The van der Waals surface area contributed by atoms with Gasteiger partial charge < -0.3 is 16.0 Å². The van der Waals surface area contributed by atoms with Gasteiger partial charge in [-0.15, -0.1) is 0 Å². The number of pyridine rings is 1. The molecule has 0 aliphatic rings. The summed E-state index contributed by atoms with van der Waals surface area (Å²) in [4.78, 5) is 27.3. The van der Waals surface area contributed by atoms with E-state index in [1.165, 1.54) is 0 Å². The number of anilines is 1. The van der Waals surface area contributed by atoms with Gasteiger partial charge in [0.1, 0.15) is 0 Å². The van der Waals surface area contributed by atoms with Gasteiger partial charge in [-0.2, -0.15) is 0 Å². The van der Waals surface area contributed by atoms with Crippen molar-refractivity contribution in [3.63, 3.8) is 0 Å². The summed E-state index contributed by atoms with van der Waals surface area (Å²) in [7, 11) is 1.56. The summed E-state index contributed by atoms with van der Waals surface area (Å²) in [5.41, 5.74) is 1.95. The molecule has 2 aromatic rings. The van der Waals surface area contributed by atoms with Gasteiger partial charge in [0.15, 0.2) is 0 Å². The maximum absolute atomic E-state index is 11.8. The summed E-state index contributed by atoms with van der Waals surface area (Å²) in [5.74, 6) is -0.200. The second-order valence-corrected chi connectivity index (χ2v) is 4.33. The number of benzene rings is 1. The van der Waals surface area contributed by atoms with Crippen molar-refractivity contribution in [2.45, 2.75) is 6.54 Å². The van der Waals surface area contributed by atoms with E-state index in [0.717, 1.165) is 5.56 Å². The highest BCUT2D eigenvalue weighted by Crippen LogP contribution is 2.10. The Labute approximate surface area is 122 Å². The minimum absolute atomic E-state index is 0.200. The largest absolute Gasteiger partial charge is 0.355 e. The fourth-order valence-corrected chi connectivity index (χ4v) is 1.74. The second kappa shape index (κ2) is 7.04. The zero-order valence-corrected chi connectivity index (χ0v) is 11.6. The lowest BCUT2D eigenvalue weighted by Crippen LogP contribution is -2.28. The molecule has 0 fully saturated rings. The van der Waals surface area contributed by atoms with Crippen molar-refractivity contribution in [2.24, 2.45) is 0 Å². The van der Waals surface area contributed by atoms with E-state index in [0.29, 0.717) is 17.8 Å². The van der Waals surface area contributed by atoms with E-state index in [2.05, 4.69) is 20.9 Å². The monoisotopic (exact) mass is 284 g/mol. The molecule has 0 bridgehead atoms. The number of amides is 3. The Balaban J connectivity index is 1.92. The number of rotatable bonds is 4. The van der Waals surface area contributed by atoms with E-state index < -0.39 is 0 Å². The standard InChI is InChI=1S/C15H16N4O2/c1-16-14(20)12-5-2-6-13(8-12)19-15(21)18-10-11-4-3-7-17-9-11/h2-9H,10H2,1H3,(H,16,20)(H2,18,19,21). The minimum atomic E-state index is -0.340. The number of carbonyl (C=O) groups is 2. The molecule has 0 aliphatic carbocycles. The molecular formula is C15H16N4O2. The Morgan fingerprint density at radius 2 is 2.05 bits per heavy atom. The first-order valence-electron chi connectivity index (χ1n) is 6.45. The van der Waals surface area contributed by atoms with Gasteiger partial charge in [0.25, 0.3) is 5.91 Å². The molecule has 0 saturated carbocycles. The SMILES string of the molecule is CNC(=O)c1cccc(NC(=O)NCc2cccnc2)c1. The molecule has 0 unspecified atom stereocenters. The lowest BCUT2D eigenvalue weighted by molar-refractivity contribution is 0.0963. The molecule has 21 heavy (non-hydrogen) atoms. The average molecular weight is 284 g/mol. The first-order chi connectivity index (χ1) is 10.2. The average Bonchev–Trinajstić information content (AvgIpc) is 2.53. The topological polar surface area (TPSA) is 83.1 Å². The zero-order chi connectivity index (χ0) is 15.1.